The van der Waals surface area contributed by atoms with Crippen molar-refractivity contribution >= 4 is 28.7 Å². The van der Waals surface area contributed by atoms with Crippen molar-refractivity contribution in [2.75, 3.05) is 18.8 Å². The zero-order valence-corrected chi connectivity index (χ0v) is 16.5. The molecule has 0 saturated carbocycles. The number of nitrogens with zero attached hydrogens (tertiary/aromatic N) is 2. The summed E-state index contributed by atoms with van der Waals surface area (Å²) in [5.41, 5.74) is 4.68. The van der Waals surface area contributed by atoms with E-state index in [9.17, 15) is 4.79 Å². The lowest BCUT2D eigenvalue weighted by Gasteiger charge is -2.31. The number of H-pyrrole nitrogens is 1. The number of hydrogen-bond acceptors (Lipinski definition) is 3. The van der Waals surface area contributed by atoms with E-state index in [0.717, 1.165) is 48.5 Å². The number of aryl methyl sites for hydroxylation is 1. The number of aromatic nitrogens is 2. The molecular weight excluding hydrogens is 354 g/mol. The Morgan fingerprint density at radius 2 is 2.00 bits per heavy atom. The first-order valence-electron chi connectivity index (χ1n) is 9.55. The van der Waals surface area contributed by atoms with Crippen LogP contribution in [0.4, 0.5) is 0 Å². The Balaban J connectivity index is 1.26. The highest BCUT2D eigenvalue weighted by atomic mass is 32.2. The van der Waals surface area contributed by atoms with Crippen LogP contribution >= 0.6 is 11.8 Å². The van der Waals surface area contributed by atoms with Crippen molar-refractivity contribution in [3.8, 4) is 0 Å². The number of aromatic amines is 1. The molecule has 1 fully saturated rings. The zero-order valence-electron chi connectivity index (χ0n) is 15.6. The van der Waals surface area contributed by atoms with Crippen LogP contribution in [-0.4, -0.2) is 39.6 Å². The van der Waals surface area contributed by atoms with Gasteiger partial charge in [-0.15, -0.1) is 11.8 Å². The van der Waals surface area contributed by atoms with E-state index in [1.54, 1.807) is 11.8 Å². The summed E-state index contributed by atoms with van der Waals surface area (Å²) in [6.45, 7) is 3.75. The molecule has 3 aromatic rings. The van der Waals surface area contributed by atoms with Gasteiger partial charge in [0.05, 0.1) is 16.8 Å². The number of rotatable bonds is 5. The molecule has 0 spiro atoms. The smallest absolute Gasteiger partial charge is 0.232 e. The third-order valence-corrected chi connectivity index (χ3v) is 6.21. The van der Waals surface area contributed by atoms with Crippen LogP contribution in [0, 0.1) is 6.92 Å². The molecule has 1 aliphatic heterocycles. The van der Waals surface area contributed by atoms with Crippen LogP contribution < -0.4 is 0 Å². The van der Waals surface area contributed by atoms with E-state index in [-0.39, 0.29) is 5.91 Å². The molecule has 1 N–H and O–H groups in total. The van der Waals surface area contributed by atoms with Gasteiger partial charge in [0, 0.05) is 24.8 Å². The van der Waals surface area contributed by atoms with Gasteiger partial charge in [-0.3, -0.25) is 4.79 Å². The number of para-hydroxylation sites is 2. The van der Waals surface area contributed by atoms with Crippen LogP contribution in [0.3, 0.4) is 0 Å². The molecular formula is C22H25N3OS. The first-order valence-corrected chi connectivity index (χ1v) is 10.7. The van der Waals surface area contributed by atoms with Crippen LogP contribution in [0.5, 0.6) is 0 Å². The van der Waals surface area contributed by atoms with E-state index in [4.69, 9.17) is 4.98 Å². The first kappa shape index (κ1) is 18.1. The predicted molar refractivity (Wildman–Crippen MR) is 112 cm³/mol. The minimum Gasteiger partial charge on any atom is -0.342 e. The highest BCUT2D eigenvalue weighted by molar-refractivity contribution is 7.99. The molecule has 1 aromatic heterocycles. The second-order valence-electron chi connectivity index (χ2n) is 7.28. The number of likely N-dealkylation sites (tertiary alicyclic amines) is 1. The number of hydrogen-bond donors (Lipinski definition) is 1. The van der Waals surface area contributed by atoms with E-state index < -0.39 is 0 Å². The molecule has 4 nitrogen and oxygen atoms in total. The van der Waals surface area contributed by atoms with Gasteiger partial charge in [-0.05, 0) is 37.5 Å². The summed E-state index contributed by atoms with van der Waals surface area (Å²) in [7, 11) is 0. The Hall–Kier alpha value is -2.27. The van der Waals surface area contributed by atoms with Gasteiger partial charge in [0.1, 0.15) is 5.82 Å². The van der Waals surface area contributed by atoms with Crippen LogP contribution in [-0.2, 0) is 10.5 Å². The van der Waals surface area contributed by atoms with Gasteiger partial charge in [0.25, 0.3) is 0 Å². The fourth-order valence-corrected chi connectivity index (χ4v) is 4.59. The molecule has 2 aromatic carbocycles. The average Bonchev–Trinajstić information content (AvgIpc) is 3.12. The lowest BCUT2D eigenvalue weighted by Crippen LogP contribution is -2.39. The Kier molecular flexibility index (Phi) is 5.48. The van der Waals surface area contributed by atoms with Gasteiger partial charge in [0.15, 0.2) is 0 Å². The Labute approximate surface area is 164 Å². The monoisotopic (exact) mass is 379 g/mol. The van der Waals surface area contributed by atoms with E-state index in [1.807, 2.05) is 23.1 Å². The second kappa shape index (κ2) is 8.17. The number of imidazole rings is 1. The van der Waals surface area contributed by atoms with Crippen molar-refractivity contribution in [1.29, 1.82) is 0 Å². The second-order valence-corrected chi connectivity index (χ2v) is 8.26. The molecule has 1 amide bonds. The van der Waals surface area contributed by atoms with Gasteiger partial charge >= 0.3 is 0 Å². The van der Waals surface area contributed by atoms with Crippen molar-refractivity contribution < 1.29 is 4.79 Å². The molecule has 27 heavy (non-hydrogen) atoms. The van der Waals surface area contributed by atoms with E-state index in [0.29, 0.717) is 11.7 Å². The number of carbonyl (C=O) groups excluding carboxylic acids is 1. The molecule has 0 aliphatic carbocycles. The molecule has 1 saturated heterocycles. The van der Waals surface area contributed by atoms with Crippen LogP contribution in [0.2, 0.25) is 0 Å². The van der Waals surface area contributed by atoms with E-state index >= 15 is 0 Å². The summed E-state index contributed by atoms with van der Waals surface area (Å²) in [6.07, 6.45) is 1.96. The fraction of sp³-hybridized carbons (Fsp3) is 0.364. The van der Waals surface area contributed by atoms with Gasteiger partial charge in [-0.1, -0.05) is 42.0 Å². The Bertz CT molecular complexity index is 895. The topological polar surface area (TPSA) is 49.0 Å². The minimum atomic E-state index is 0.260. The molecule has 0 radical (unpaired) electrons. The number of amides is 1. The molecule has 0 bridgehead atoms. The molecule has 1 aliphatic rings. The van der Waals surface area contributed by atoms with Gasteiger partial charge in [0.2, 0.25) is 5.91 Å². The van der Waals surface area contributed by atoms with Gasteiger partial charge in [-0.2, -0.15) is 0 Å². The number of benzene rings is 2. The maximum atomic E-state index is 12.5. The molecule has 5 heteroatoms. The molecule has 2 heterocycles. The number of piperidine rings is 1. The molecule has 0 unspecified atom stereocenters. The largest absolute Gasteiger partial charge is 0.342 e. The number of thioether (sulfide) groups is 1. The molecule has 0 atom stereocenters. The van der Waals surface area contributed by atoms with Gasteiger partial charge in [-0.25, -0.2) is 4.98 Å². The number of carbonyl (C=O) groups is 1. The molecule has 140 valence electrons. The van der Waals surface area contributed by atoms with E-state index in [2.05, 4.69) is 42.2 Å². The van der Waals surface area contributed by atoms with Crippen LogP contribution in [0.15, 0.2) is 48.5 Å². The predicted octanol–water partition coefficient (Wildman–Crippen LogP) is 4.51. The average molecular weight is 380 g/mol. The highest BCUT2D eigenvalue weighted by Crippen LogP contribution is 2.28. The summed E-state index contributed by atoms with van der Waals surface area (Å²) in [5.74, 6) is 3.20. The lowest BCUT2D eigenvalue weighted by molar-refractivity contribution is -0.129. The van der Waals surface area contributed by atoms with Crippen molar-refractivity contribution in [3.63, 3.8) is 0 Å². The highest BCUT2D eigenvalue weighted by Gasteiger charge is 2.25. The number of fused-ring (bicyclic) bond motifs is 1. The van der Waals surface area contributed by atoms with Crippen molar-refractivity contribution in [2.24, 2.45) is 0 Å². The van der Waals surface area contributed by atoms with Crippen molar-refractivity contribution in [3.05, 3.63) is 65.5 Å². The Morgan fingerprint density at radius 3 is 2.78 bits per heavy atom. The maximum absolute atomic E-state index is 12.5. The summed E-state index contributed by atoms with van der Waals surface area (Å²) in [6, 6.07) is 16.7. The summed E-state index contributed by atoms with van der Waals surface area (Å²) in [4.78, 5) is 22.7. The Morgan fingerprint density at radius 1 is 1.19 bits per heavy atom. The van der Waals surface area contributed by atoms with Crippen LogP contribution in [0.25, 0.3) is 11.0 Å². The summed E-state index contributed by atoms with van der Waals surface area (Å²) in [5, 5.41) is 0. The fourth-order valence-electron chi connectivity index (χ4n) is 3.72. The zero-order chi connectivity index (χ0) is 18.6. The van der Waals surface area contributed by atoms with Crippen molar-refractivity contribution in [1.82, 2.24) is 14.9 Å². The lowest BCUT2D eigenvalue weighted by atomic mass is 9.96. The normalized spacial score (nSPS) is 15.4. The minimum absolute atomic E-state index is 0.260. The maximum Gasteiger partial charge on any atom is 0.232 e. The third-order valence-electron chi connectivity index (χ3n) is 5.22. The first-order chi connectivity index (χ1) is 13.2. The van der Waals surface area contributed by atoms with E-state index in [1.165, 1.54) is 11.1 Å². The van der Waals surface area contributed by atoms with Crippen molar-refractivity contribution in [2.45, 2.75) is 31.4 Å². The van der Waals surface area contributed by atoms with Crippen LogP contribution in [0.1, 0.15) is 35.7 Å². The third kappa shape index (κ3) is 4.35. The SMILES string of the molecule is Cc1cccc(CSCC(=O)N2CCC(c3nc4ccccc4[nH]3)CC2)c1. The molecule has 4 rings (SSSR count). The summed E-state index contributed by atoms with van der Waals surface area (Å²) < 4.78 is 0. The summed E-state index contributed by atoms with van der Waals surface area (Å²) >= 11 is 1.71. The number of nitrogens with one attached hydrogen (secondary N) is 1. The standard InChI is InChI=1S/C22H25N3OS/c1-16-5-4-6-17(13-16)14-27-15-21(26)25-11-9-18(10-12-25)22-23-19-7-2-3-8-20(19)24-22/h2-8,13,18H,9-12,14-15H2,1H3,(H,23,24). The van der Waals surface area contributed by atoms with Gasteiger partial charge < -0.3 is 9.88 Å². The quantitative estimate of drug-likeness (QED) is 0.709.